The third-order valence-electron chi connectivity index (χ3n) is 3.39. The molecule has 2 atom stereocenters. The molecule has 0 radical (unpaired) electrons. The van der Waals surface area contributed by atoms with Crippen LogP contribution in [0.4, 0.5) is 0 Å². The molecule has 14 heavy (non-hydrogen) atoms. The van der Waals surface area contributed by atoms with Gasteiger partial charge in [-0.05, 0) is 25.2 Å². The van der Waals surface area contributed by atoms with Crippen molar-refractivity contribution in [3.8, 4) is 0 Å². The van der Waals surface area contributed by atoms with Gasteiger partial charge in [0, 0.05) is 0 Å². The summed E-state index contributed by atoms with van der Waals surface area (Å²) in [6, 6.07) is 0. The van der Waals surface area contributed by atoms with Gasteiger partial charge in [-0.15, -0.1) is 0 Å². The number of ether oxygens (including phenoxy) is 1. The molecule has 0 aliphatic heterocycles. The van der Waals surface area contributed by atoms with Gasteiger partial charge in [0.25, 0.3) is 0 Å². The standard InChI is InChI=1S/C10H17NO3/c1-4-9(3)6-10(9,7(11)12)8(13)14-5-2/h4-6H2,1-3H3,(H2,11,12)/t9-,10-/m0/s1. The lowest BCUT2D eigenvalue weighted by molar-refractivity contribution is -0.155. The van der Waals surface area contributed by atoms with Gasteiger partial charge in [-0.2, -0.15) is 0 Å². The van der Waals surface area contributed by atoms with Crippen molar-refractivity contribution in [2.45, 2.75) is 33.6 Å². The van der Waals surface area contributed by atoms with Gasteiger partial charge in [-0.1, -0.05) is 13.8 Å². The van der Waals surface area contributed by atoms with E-state index in [2.05, 4.69) is 0 Å². The molecule has 1 rings (SSSR count). The number of carbonyl (C=O) groups excluding carboxylic acids is 2. The van der Waals surface area contributed by atoms with Crippen molar-refractivity contribution in [2.75, 3.05) is 6.61 Å². The Labute approximate surface area is 83.8 Å². The fourth-order valence-corrected chi connectivity index (χ4v) is 2.03. The highest BCUT2D eigenvalue weighted by Crippen LogP contribution is 2.66. The van der Waals surface area contributed by atoms with Gasteiger partial charge >= 0.3 is 5.97 Å². The van der Waals surface area contributed by atoms with Gasteiger partial charge in [-0.3, -0.25) is 9.59 Å². The molecule has 4 nitrogen and oxygen atoms in total. The lowest BCUT2D eigenvalue weighted by Gasteiger charge is -2.16. The van der Waals surface area contributed by atoms with Crippen LogP contribution in [0, 0.1) is 10.8 Å². The molecule has 0 unspecified atom stereocenters. The fraction of sp³-hybridized carbons (Fsp3) is 0.800. The highest BCUT2D eigenvalue weighted by Gasteiger charge is 2.73. The van der Waals surface area contributed by atoms with Gasteiger partial charge < -0.3 is 10.5 Å². The Kier molecular flexibility index (Phi) is 2.56. The summed E-state index contributed by atoms with van der Waals surface area (Å²) in [5.74, 6) is -1.02. The SMILES string of the molecule is CCOC(=O)[C@@]1(C(N)=O)C[C@]1(C)CC. The number of primary amides is 1. The van der Waals surface area contributed by atoms with E-state index >= 15 is 0 Å². The van der Waals surface area contributed by atoms with Crippen LogP contribution in [0.3, 0.4) is 0 Å². The van der Waals surface area contributed by atoms with Gasteiger partial charge in [0.1, 0.15) is 0 Å². The summed E-state index contributed by atoms with van der Waals surface area (Å²) in [6.07, 6.45) is 1.28. The molecule has 1 fully saturated rings. The highest BCUT2D eigenvalue weighted by molar-refractivity contribution is 6.06. The predicted octanol–water partition coefficient (Wildman–Crippen LogP) is 0.841. The number of hydrogen-bond acceptors (Lipinski definition) is 3. The normalized spacial score (nSPS) is 35.1. The quantitative estimate of drug-likeness (QED) is 0.539. The first-order chi connectivity index (χ1) is 6.44. The van der Waals surface area contributed by atoms with Crippen molar-refractivity contribution in [1.82, 2.24) is 0 Å². The van der Waals surface area contributed by atoms with E-state index in [-0.39, 0.29) is 12.0 Å². The second kappa shape index (κ2) is 3.26. The maximum absolute atomic E-state index is 11.6. The van der Waals surface area contributed by atoms with Crippen LogP contribution in [-0.2, 0) is 14.3 Å². The summed E-state index contributed by atoms with van der Waals surface area (Å²) in [5.41, 5.74) is 3.92. The Hall–Kier alpha value is -1.06. The second-order valence-electron chi connectivity index (χ2n) is 4.08. The maximum Gasteiger partial charge on any atom is 0.322 e. The monoisotopic (exact) mass is 199 g/mol. The third kappa shape index (κ3) is 1.21. The zero-order chi connectivity index (χ0) is 11.0. The van der Waals surface area contributed by atoms with E-state index in [0.29, 0.717) is 6.42 Å². The Bertz CT molecular complexity index is 277. The van der Waals surface area contributed by atoms with E-state index < -0.39 is 17.3 Å². The molecule has 0 aromatic heterocycles. The van der Waals surface area contributed by atoms with Gasteiger partial charge in [0.15, 0.2) is 5.41 Å². The molecular formula is C10H17NO3. The summed E-state index contributed by atoms with van der Waals surface area (Å²) in [6.45, 7) is 5.85. The first kappa shape index (κ1) is 11.0. The number of hydrogen-bond donors (Lipinski definition) is 1. The largest absolute Gasteiger partial charge is 0.465 e. The van der Waals surface area contributed by atoms with Crippen molar-refractivity contribution in [3.63, 3.8) is 0 Å². The van der Waals surface area contributed by atoms with Crippen LogP contribution >= 0.6 is 0 Å². The van der Waals surface area contributed by atoms with Crippen molar-refractivity contribution in [3.05, 3.63) is 0 Å². The van der Waals surface area contributed by atoms with Crippen molar-refractivity contribution in [1.29, 1.82) is 0 Å². The van der Waals surface area contributed by atoms with Crippen LogP contribution in [-0.4, -0.2) is 18.5 Å². The van der Waals surface area contributed by atoms with Crippen LogP contribution in [0.5, 0.6) is 0 Å². The van der Waals surface area contributed by atoms with Gasteiger partial charge in [-0.25, -0.2) is 0 Å². The lowest BCUT2D eigenvalue weighted by atomic mass is 9.91. The maximum atomic E-state index is 11.6. The lowest BCUT2D eigenvalue weighted by Crippen LogP contribution is -2.37. The Balaban J connectivity index is 2.89. The van der Waals surface area contributed by atoms with Crippen molar-refractivity contribution >= 4 is 11.9 Å². The number of esters is 1. The minimum Gasteiger partial charge on any atom is -0.465 e. The summed E-state index contributed by atoms with van der Waals surface area (Å²) in [7, 11) is 0. The molecule has 0 saturated heterocycles. The van der Waals surface area contributed by atoms with Crippen LogP contribution in [0.1, 0.15) is 33.6 Å². The van der Waals surface area contributed by atoms with E-state index in [1.807, 2.05) is 13.8 Å². The molecule has 0 aromatic rings. The topological polar surface area (TPSA) is 69.4 Å². The Morgan fingerprint density at radius 3 is 2.29 bits per heavy atom. The first-order valence-corrected chi connectivity index (χ1v) is 4.91. The van der Waals surface area contributed by atoms with Crippen LogP contribution in [0.15, 0.2) is 0 Å². The Morgan fingerprint density at radius 1 is 1.43 bits per heavy atom. The molecule has 2 N–H and O–H groups in total. The number of carbonyl (C=O) groups is 2. The van der Waals surface area contributed by atoms with Crippen LogP contribution in [0.25, 0.3) is 0 Å². The van der Waals surface area contributed by atoms with E-state index in [1.165, 1.54) is 0 Å². The number of nitrogens with two attached hydrogens (primary N) is 1. The number of amides is 1. The molecule has 1 saturated carbocycles. The molecule has 1 aliphatic rings. The minimum atomic E-state index is -1.06. The molecule has 1 amide bonds. The molecule has 0 bridgehead atoms. The fourth-order valence-electron chi connectivity index (χ4n) is 2.03. The smallest absolute Gasteiger partial charge is 0.322 e. The molecule has 0 spiro atoms. The van der Waals surface area contributed by atoms with E-state index in [0.717, 1.165) is 6.42 Å². The summed E-state index contributed by atoms with van der Waals surface area (Å²) < 4.78 is 4.89. The highest BCUT2D eigenvalue weighted by atomic mass is 16.5. The molecule has 0 aromatic carbocycles. The Morgan fingerprint density at radius 2 is 2.00 bits per heavy atom. The summed E-state index contributed by atoms with van der Waals surface area (Å²) in [4.78, 5) is 22.9. The van der Waals surface area contributed by atoms with E-state index in [4.69, 9.17) is 10.5 Å². The number of rotatable bonds is 4. The average molecular weight is 199 g/mol. The zero-order valence-electron chi connectivity index (χ0n) is 8.92. The third-order valence-corrected chi connectivity index (χ3v) is 3.39. The van der Waals surface area contributed by atoms with Crippen molar-refractivity contribution < 1.29 is 14.3 Å². The summed E-state index contributed by atoms with van der Waals surface area (Å²) >= 11 is 0. The van der Waals surface area contributed by atoms with E-state index in [1.54, 1.807) is 6.92 Å². The van der Waals surface area contributed by atoms with Crippen LogP contribution in [0.2, 0.25) is 0 Å². The van der Waals surface area contributed by atoms with Gasteiger partial charge in [0.2, 0.25) is 5.91 Å². The summed E-state index contributed by atoms with van der Waals surface area (Å²) in [5, 5.41) is 0. The predicted molar refractivity (Wildman–Crippen MR) is 51.3 cm³/mol. The van der Waals surface area contributed by atoms with Crippen LogP contribution < -0.4 is 5.73 Å². The molecule has 1 aliphatic carbocycles. The molecule has 4 heteroatoms. The molecule has 0 heterocycles. The minimum absolute atomic E-state index is 0.285. The first-order valence-electron chi connectivity index (χ1n) is 4.91. The van der Waals surface area contributed by atoms with Crippen molar-refractivity contribution in [2.24, 2.45) is 16.6 Å². The van der Waals surface area contributed by atoms with Gasteiger partial charge in [0.05, 0.1) is 6.61 Å². The average Bonchev–Trinajstić information content (AvgIpc) is 2.75. The second-order valence-corrected chi connectivity index (χ2v) is 4.08. The molecular weight excluding hydrogens is 182 g/mol. The molecule has 80 valence electrons. The zero-order valence-corrected chi connectivity index (χ0v) is 8.92. The van der Waals surface area contributed by atoms with E-state index in [9.17, 15) is 9.59 Å².